The van der Waals surface area contributed by atoms with Crippen LogP contribution >= 0.6 is 11.3 Å². The molecule has 4 nitrogen and oxygen atoms in total. The molecule has 0 amide bonds. The Balaban J connectivity index is 2.26. The van der Waals surface area contributed by atoms with E-state index < -0.39 is 5.97 Å². The summed E-state index contributed by atoms with van der Waals surface area (Å²) in [4.78, 5) is 14.8. The average molecular weight is 212 g/mol. The number of nitrogen functional groups attached to an aromatic ring is 1. The third kappa shape index (κ3) is 1.59. The molecule has 1 aliphatic rings. The van der Waals surface area contributed by atoms with Gasteiger partial charge in [0.2, 0.25) is 0 Å². The molecular weight excluding hydrogens is 200 g/mol. The van der Waals surface area contributed by atoms with Gasteiger partial charge in [0.15, 0.2) is 5.69 Å². The molecule has 3 N–H and O–H groups in total. The Kier molecular flexibility index (Phi) is 2.19. The van der Waals surface area contributed by atoms with Crippen molar-refractivity contribution in [3.63, 3.8) is 0 Å². The van der Waals surface area contributed by atoms with Crippen LogP contribution in [-0.4, -0.2) is 16.1 Å². The highest BCUT2D eigenvalue weighted by atomic mass is 32.1. The fourth-order valence-corrected chi connectivity index (χ4v) is 2.47. The van der Waals surface area contributed by atoms with Crippen molar-refractivity contribution in [2.75, 3.05) is 5.73 Å². The van der Waals surface area contributed by atoms with Crippen LogP contribution in [0, 0.1) is 5.92 Å². The van der Waals surface area contributed by atoms with Gasteiger partial charge in [0.1, 0.15) is 5.00 Å². The molecule has 1 atom stereocenters. The van der Waals surface area contributed by atoms with Gasteiger partial charge < -0.3 is 10.8 Å². The molecule has 1 aliphatic carbocycles. The summed E-state index contributed by atoms with van der Waals surface area (Å²) >= 11 is 1.30. The normalized spacial score (nSPS) is 18.1. The molecule has 0 aromatic carbocycles. The van der Waals surface area contributed by atoms with Crippen LogP contribution in [0.25, 0.3) is 0 Å². The molecule has 1 aromatic heterocycles. The lowest BCUT2D eigenvalue weighted by atomic mass is 10.1. The lowest BCUT2D eigenvalue weighted by Gasteiger charge is -2.03. The van der Waals surface area contributed by atoms with Gasteiger partial charge in [0, 0.05) is 5.92 Å². The van der Waals surface area contributed by atoms with Crippen molar-refractivity contribution in [2.24, 2.45) is 5.92 Å². The molecule has 0 saturated heterocycles. The summed E-state index contributed by atoms with van der Waals surface area (Å²) in [6.07, 6.45) is 2.45. The number of carboxylic acid groups (broad SMARTS) is 1. The zero-order valence-electron chi connectivity index (χ0n) is 7.86. The fraction of sp³-hybridized carbons (Fsp3) is 0.556. The second kappa shape index (κ2) is 3.24. The number of nitrogens with two attached hydrogens (primary N) is 1. The number of hydrogen-bond donors (Lipinski definition) is 2. The second-order valence-electron chi connectivity index (χ2n) is 3.70. The minimum absolute atomic E-state index is 0.0116. The van der Waals surface area contributed by atoms with E-state index in [0.29, 0.717) is 16.8 Å². The summed E-state index contributed by atoms with van der Waals surface area (Å²) in [5.74, 6) is 0.00518. The van der Waals surface area contributed by atoms with Crippen molar-refractivity contribution >= 4 is 22.3 Å². The van der Waals surface area contributed by atoms with Crippen molar-refractivity contribution in [1.82, 2.24) is 4.98 Å². The number of rotatable bonds is 3. The molecule has 2 rings (SSSR count). The fourth-order valence-electron chi connectivity index (χ4n) is 1.49. The monoisotopic (exact) mass is 212 g/mol. The summed E-state index contributed by atoms with van der Waals surface area (Å²) in [6.45, 7) is 2.08. The van der Waals surface area contributed by atoms with Crippen molar-refractivity contribution in [1.29, 1.82) is 0 Å². The summed E-state index contributed by atoms with van der Waals surface area (Å²) < 4.78 is 0. The zero-order valence-corrected chi connectivity index (χ0v) is 8.67. The molecule has 0 bridgehead atoms. The van der Waals surface area contributed by atoms with Crippen LogP contribution in [0.3, 0.4) is 0 Å². The predicted octanol–water partition coefficient (Wildman–Crippen LogP) is 1.94. The highest BCUT2D eigenvalue weighted by molar-refractivity contribution is 7.16. The number of aromatic carboxylic acids is 1. The second-order valence-corrected chi connectivity index (χ2v) is 4.76. The number of nitrogens with zero attached hydrogens (tertiary/aromatic N) is 1. The number of aromatic nitrogens is 1. The molecule has 5 heteroatoms. The van der Waals surface area contributed by atoms with E-state index in [-0.39, 0.29) is 5.69 Å². The van der Waals surface area contributed by atoms with Gasteiger partial charge in [-0.05, 0) is 18.8 Å². The Morgan fingerprint density at radius 1 is 1.71 bits per heavy atom. The summed E-state index contributed by atoms with van der Waals surface area (Å²) in [5.41, 5.74) is 5.59. The number of anilines is 1. The van der Waals surface area contributed by atoms with E-state index in [1.807, 2.05) is 0 Å². The van der Waals surface area contributed by atoms with E-state index in [0.717, 1.165) is 5.01 Å². The maximum Gasteiger partial charge on any atom is 0.357 e. The highest BCUT2D eigenvalue weighted by Gasteiger charge is 2.31. The Morgan fingerprint density at radius 3 is 2.79 bits per heavy atom. The highest BCUT2D eigenvalue weighted by Crippen LogP contribution is 2.44. The van der Waals surface area contributed by atoms with Gasteiger partial charge in [0.25, 0.3) is 0 Å². The van der Waals surface area contributed by atoms with E-state index >= 15 is 0 Å². The van der Waals surface area contributed by atoms with Crippen molar-refractivity contribution < 1.29 is 9.90 Å². The van der Waals surface area contributed by atoms with Gasteiger partial charge >= 0.3 is 5.97 Å². The van der Waals surface area contributed by atoms with Crippen LogP contribution in [0.4, 0.5) is 5.00 Å². The largest absolute Gasteiger partial charge is 0.476 e. The first-order chi connectivity index (χ1) is 6.59. The molecular formula is C9H12N2O2S. The Hall–Kier alpha value is -1.10. The van der Waals surface area contributed by atoms with E-state index in [1.54, 1.807) is 0 Å². The SMILES string of the molecule is CC(c1nc(C(=O)O)c(N)s1)C1CC1. The lowest BCUT2D eigenvalue weighted by Crippen LogP contribution is -2.01. The molecule has 0 aliphatic heterocycles. The third-order valence-electron chi connectivity index (χ3n) is 2.59. The first-order valence-corrected chi connectivity index (χ1v) is 5.40. The molecule has 0 radical (unpaired) electrons. The summed E-state index contributed by atoms with van der Waals surface area (Å²) in [6, 6.07) is 0. The van der Waals surface area contributed by atoms with Crippen LogP contribution in [0.15, 0.2) is 0 Å². The van der Waals surface area contributed by atoms with Gasteiger partial charge in [-0.15, -0.1) is 11.3 Å². The van der Waals surface area contributed by atoms with Crippen LogP contribution in [-0.2, 0) is 0 Å². The Labute approximate surface area is 85.8 Å². The molecule has 1 unspecified atom stereocenters. The Bertz CT molecular complexity index is 371. The van der Waals surface area contributed by atoms with Gasteiger partial charge in [-0.1, -0.05) is 6.92 Å². The van der Waals surface area contributed by atoms with Crippen LogP contribution in [0.5, 0.6) is 0 Å². The van der Waals surface area contributed by atoms with Crippen LogP contribution in [0.2, 0.25) is 0 Å². The predicted molar refractivity (Wildman–Crippen MR) is 54.6 cm³/mol. The maximum atomic E-state index is 10.7. The molecule has 1 aromatic rings. The van der Waals surface area contributed by atoms with E-state index in [1.165, 1.54) is 24.2 Å². The molecule has 1 saturated carbocycles. The van der Waals surface area contributed by atoms with E-state index in [4.69, 9.17) is 10.8 Å². The van der Waals surface area contributed by atoms with Gasteiger partial charge in [-0.25, -0.2) is 9.78 Å². The first kappa shape index (κ1) is 9.45. The molecule has 1 heterocycles. The van der Waals surface area contributed by atoms with Crippen LogP contribution < -0.4 is 5.73 Å². The van der Waals surface area contributed by atoms with Gasteiger partial charge in [-0.2, -0.15) is 0 Å². The lowest BCUT2D eigenvalue weighted by molar-refractivity contribution is 0.0692. The van der Waals surface area contributed by atoms with Crippen molar-refractivity contribution in [3.8, 4) is 0 Å². The molecule has 1 fully saturated rings. The number of thiazole rings is 1. The Morgan fingerprint density at radius 2 is 2.36 bits per heavy atom. The third-order valence-corrected chi connectivity index (χ3v) is 3.68. The van der Waals surface area contributed by atoms with Crippen molar-refractivity contribution in [3.05, 3.63) is 10.7 Å². The summed E-state index contributed by atoms with van der Waals surface area (Å²) in [7, 11) is 0. The smallest absolute Gasteiger partial charge is 0.357 e. The van der Waals surface area contributed by atoms with E-state index in [2.05, 4.69) is 11.9 Å². The number of hydrogen-bond acceptors (Lipinski definition) is 4. The number of carboxylic acids is 1. The maximum absolute atomic E-state index is 10.7. The van der Waals surface area contributed by atoms with Gasteiger partial charge in [-0.3, -0.25) is 0 Å². The van der Waals surface area contributed by atoms with E-state index in [9.17, 15) is 4.79 Å². The minimum Gasteiger partial charge on any atom is -0.476 e. The topological polar surface area (TPSA) is 76.2 Å². The quantitative estimate of drug-likeness (QED) is 0.802. The summed E-state index contributed by atoms with van der Waals surface area (Å²) in [5, 5.41) is 9.96. The average Bonchev–Trinajstić information content (AvgIpc) is 2.88. The standard InChI is InChI=1S/C9H12N2O2S/c1-4(5-2-3-5)8-11-6(9(12)13)7(10)14-8/h4-5H,2-3,10H2,1H3,(H,12,13). The molecule has 76 valence electrons. The van der Waals surface area contributed by atoms with Gasteiger partial charge in [0.05, 0.1) is 5.01 Å². The van der Waals surface area contributed by atoms with Crippen molar-refractivity contribution in [2.45, 2.75) is 25.7 Å². The molecule has 14 heavy (non-hydrogen) atoms. The zero-order chi connectivity index (χ0) is 10.3. The first-order valence-electron chi connectivity index (χ1n) is 4.59. The molecule has 0 spiro atoms. The number of carbonyl (C=O) groups is 1. The van der Waals surface area contributed by atoms with Crippen LogP contribution in [0.1, 0.15) is 41.2 Å². The minimum atomic E-state index is -1.03.